The van der Waals surface area contributed by atoms with Gasteiger partial charge in [0.15, 0.2) is 12.6 Å². The van der Waals surface area contributed by atoms with Gasteiger partial charge >= 0.3 is 0 Å². The van der Waals surface area contributed by atoms with E-state index in [0.717, 1.165) is 31.2 Å². The Morgan fingerprint density at radius 3 is 1.96 bits per heavy atom. The van der Waals surface area contributed by atoms with Gasteiger partial charge < -0.3 is 18.9 Å². The smallest absolute Gasteiger partial charge is 0.164 e. The first-order valence-electron chi connectivity index (χ1n) is 10.5. The van der Waals surface area contributed by atoms with Crippen LogP contribution >= 0.6 is 0 Å². The SMILES string of the molecule is C=Cc1ccc(C2COC(C3COC(C4CCC(CF)CC4)OC3)OC2)cc1. The lowest BCUT2D eigenvalue weighted by Gasteiger charge is -2.40. The van der Waals surface area contributed by atoms with E-state index in [1.807, 2.05) is 6.08 Å². The minimum atomic E-state index is -0.271. The highest BCUT2D eigenvalue weighted by atomic mass is 19.1. The molecule has 0 amide bonds. The lowest BCUT2D eigenvalue weighted by Crippen LogP contribution is -2.46. The second kappa shape index (κ2) is 9.49. The maximum atomic E-state index is 12.8. The van der Waals surface area contributed by atoms with Gasteiger partial charge in [0.25, 0.3) is 0 Å². The number of alkyl halides is 1. The summed E-state index contributed by atoms with van der Waals surface area (Å²) in [4.78, 5) is 0. The quantitative estimate of drug-likeness (QED) is 0.739. The average molecular weight is 390 g/mol. The Hall–Kier alpha value is -1.27. The van der Waals surface area contributed by atoms with Crippen LogP contribution in [0, 0.1) is 17.8 Å². The van der Waals surface area contributed by atoms with Gasteiger partial charge in [0, 0.05) is 11.8 Å². The molecule has 2 aliphatic heterocycles. The van der Waals surface area contributed by atoms with E-state index >= 15 is 0 Å². The van der Waals surface area contributed by atoms with Crippen LogP contribution in [0.25, 0.3) is 6.08 Å². The summed E-state index contributed by atoms with van der Waals surface area (Å²) in [6.07, 6.45) is 5.29. The van der Waals surface area contributed by atoms with Crippen LogP contribution in [0.15, 0.2) is 30.8 Å². The van der Waals surface area contributed by atoms with Crippen molar-refractivity contribution in [3.05, 3.63) is 42.0 Å². The molecule has 154 valence electrons. The van der Waals surface area contributed by atoms with Gasteiger partial charge in [-0.15, -0.1) is 0 Å². The first-order chi connectivity index (χ1) is 13.8. The molecule has 0 N–H and O–H groups in total. The molecule has 0 atom stereocenters. The van der Waals surface area contributed by atoms with Crippen LogP contribution in [0.2, 0.25) is 0 Å². The van der Waals surface area contributed by atoms with Crippen molar-refractivity contribution in [3.63, 3.8) is 0 Å². The largest absolute Gasteiger partial charge is 0.352 e. The molecule has 3 aliphatic rings. The van der Waals surface area contributed by atoms with Crippen molar-refractivity contribution in [1.29, 1.82) is 0 Å². The van der Waals surface area contributed by atoms with Crippen LogP contribution < -0.4 is 0 Å². The van der Waals surface area contributed by atoms with Crippen molar-refractivity contribution in [1.82, 2.24) is 0 Å². The zero-order valence-corrected chi connectivity index (χ0v) is 16.4. The third-order valence-corrected chi connectivity index (χ3v) is 6.40. The zero-order valence-electron chi connectivity index (χ0n) is 16.4. The topological polar surface area (TPSA) is 36.9 Å². The van der Waals surface area contributed by atoms with E-state index in [4.69, 9.17) is 18.9 Å². The number of benzene rings is 1. The van der Waals surface area contributed by atoms with Crippen molar-refractivity contribution >= 4 is 6.08 Å². The molecule has 0 aromatic heterocycles. The van der Waals surface area contributed by atoms with E-state index in [9.17, 15) is 4.39 Å². The molecule has 5 heteroatoms. The normalized spacial score (nSPS) is 36.8. The van der Waals surface area contributed by atoms with Crippen molar-refractivity contribution in [2.75, 3.05) is 33.1 Å². The Bertz CT molecular complexity index is 610. The summed E-state index contributed by atoms with van der Waals surface area (Å²) in [6.45, 7) is 6.07. The highest BCUT2D eigenvalue weighted by molar-refractivity contribution is 5.47. The minimum Gasteiger partial charge on any atom is -0.352 e. The molecule has 1 saturated carbocycles. The molecule has 1 aromatic rings. The molecular weight excluding hydrogens is 359 g/mol. The molecule has 0 spiro atoms. The number of hydrogen-bond donors (Lipinski definition) is 0. The first kappa shape index (κ1) is 20.0. The fraction of sp³-hybridized carbons (Fsp3) is 0.652. The molecule has 1 aromatic carbocycles. The van der Waals surface area contributed by atoms with Crippen LogP contribution in [-0.4, -0.2) is 45.7 Å². The van der Waals surface area contributed by atoms with Gasteiger partial charge in [-0.05, 0) is 42.7 Å². The second-order valence-electron chi connectivity index (χ2n) is 8.33. The minimum absolute atomic E-state index is 0.0996. The zero-order chi connectivity index (χ0) is 19.3. The van der Waals surface area contributed by atoms with Gasteiger partial charge in [0.05, 0.1) is 39.0 Å². The number of halogens is 1. The Morgan fingerprint density at radius 2 is 1.39 bits per heavy atom. The number of rotatable bonds is 5. The molecule has 3 fully saturated rings. The van der Waals surface area contributed by atoms with Crippen molar-refractivity contribution in [3.8, 4) is 0 Å². The highest BCUT2D eigenvalue weighted by Gasteiger charge is 2.37. The summed E-state index contributed by atoms with van der Waals surface area (Å²) < 4.78 is 36.8. The van der Waals surface area contributed by atoms with Gasteiger partial charge in [-0.25, -0.2) is 0 Å². The molecule has 0 radical (unpaired) electrons. The Morgan fingerprint density at radius 1 is 0.821 bits per heavy atom. The molecule has 4 nitrogen and oxygen atoms in total. The van der Waals surface area contributed by atoms with Gasteiger partial charge in [-0.3, -0.25) is 4.39 Å². The second-order valence-corrected chi connectivity index (χ2v) is 8.33. The average Bonchev–Trinajstić information content (AvgIpc) is 2.79. The van der Waals surface area contributed by atoms with Crippen molar-refractivity contribution in [2.24, 2.45) is 17.8 Å². The van der Waals surface area contributed by atoms with Gasteiger partial charge in [-0.1, -0.05) is 36.9 Å². The molecule has 0 bridgehead atoms. The summed E-state index contributed by atoms with van der Waals surface area (Å²) in [7, 11) is 0. The van der Waals surface area contributed by atoms with E-state index < -0.39 is 0 Å². The van der Waals surface area contributed by atoms with Crippen LogP contribution in [0.1, 0.15) is 42.7 Å². The fourth-order valence-electron chi connectivity index (χ4n) is 4.46. The predicted octanol–water partition coefficient (Wildman–Crippen LogP) is 4.55. The number of hydrogen-bond acceptors (Lipinski definition) is 4. The van der Waals surface area contributed by atoms with Crippen molar-refractivity contribution < 1.29 is 23.3 Å². The molecule has 2 heterocycles. The van der Waals surface area contributed by atoms with Gasteiger partial charge in [0.1, 0.15) is 0 Å². The summed E-state index contributed by atoms with van der Waals surface area (Å²) in [6, 6.07) is 8.37. The fourth-order valence-corrected chi connectivity index (χ4v) is 4.46. The van der Waals surface area contributed by atoms with Crippen LogP contribution in [0.4, 0.5) is 4.39 Å². The molecular formula is C23H31FO4. The van der Waals surface area contributed by atoms with E-state index in [0.29, 0.717) is 32.3 Å². The standard InChI is InChI=1S/C23H31FO4/c1-2-16-3-7-18(8-4-16)20-12-25-23(26-13-20)21-14-27-22(28-15-21)19-9-5-17(11-24)6-10-19/h2-4,7-8,17,19-23H,1,5-6,9-15H2. The van der Waals surface area contributed by atoms with Gasteiger partial charge in [0.2, 0.25) is 0 Å². The summed E-state index contributed by atoms with van der Waals surface area (Å²) in [5, 5.41) is 0. The predicted molar refractivity (Wildman–Crippen MR) is 106 cm³/mol. The molecule has 2 saturated heterocycles. The maximum absolute atomic E-state index is 12.8. The summed E-state index contributed by atoms with van der Waals surface area (Å²) in [5.74, 6) is 0.971. The molecule has 1 aliphatic carbocycles. The van der Waals surface area contributed by atoms with E-state index in [1.54, 1.807) is 0 Å². The first-order valence-corrected chi connectivity index (χ1v) is 10.5. The van der Waals surface area contributed by atoms with Crippen molar-refractivity contribution in [2.45, 2.75) is 44.2 Å². The van der Waals surface area contributed by atoms with Gasteiger partial charge in [-0.2, -0.15) is 0 Å². The monoisotopic (exact) mass is 390 g/mol. The summed E-state index contributed by atoms with van der Waals surface area (Å²) >= 11 is 0. The lowest BCUT2D eigenvalue weighted by atomic mass is 9.82. The molecule has 4 rings (SSSR count). The van der Waals surface area contributed by atoms with E-state index in [-0.39, 0.29) is 37.0 Å². The maximum Gasteiger partial charge on any atom is 0.164 e. The third-order valence-electron chi connectivity index (χ3n) is 6.40. The van der Waals surface area contributed by atoms with E-state index in [1.165, 1.54) is 5.56 Å². The Labute approximate surface area is 167 Å². The Kier molecular flexibility index (Phi) is 6.78. The third kappa shape index (κ3) is 4.65. The molecule has 0 unspecified atom stereocenters. The Balaban J connectivity index is 1.21. The number of ether oxygens (including phenoxy) is 4. The lowest BCUT2D eigenvalue weighted by molar-refractivity contribution is -0.287. The summed E-state index contributed by atoms with van der Waals surface area (Å²) in [5.41, 5.74) is 2.34. The van der Waals surface area contributed by atoms with E-state index in [2.05, 4.69) is 30.8 Å². The highest BCUT2D eigenvalue weighted by Crippen LogP contribution is 2.35. The van der Waals surface area contributed by atoms with Crippen LogP contribution in [-0.2, 0) is 18.9 Å². The van der Waals surface area contributed by atoms with Crippen LogP contribution in [0.5, 0.6) is 0 Å². The molecule has 28 heavy (non-hydrogen) atoms. The van der Waals surface area contributed by atoms with Crippen LogP contribution in [0.3, 0.4) is 0 Å².